The number of hydrogen-bond donors (Lipinski definition) is 0. The molecule has 0 amide bonds. The quantitative estimate of drug-likeness (QED) is 0.167. The first-order chi connectivity index (χ1) is 32.0. The Hall–Kier alpha value is -6.70. The zero-order valence-corrected chi connectivity index (χ0v) is 26.6. The highest BCUT2D eigenvalue weighted by Crippen LogP contribution is 2.48. The fourth-order valence-electron chi connectivity index (χ4n) is 7.01. The molecular weight excluding hydrogens is 617 g/mol. The molecule has 0 unspecified atom stereocenters. The van der Waals surface area contributed by atoms with Crippen molar-refractivity contribution in [3.8, 4) is 55.6 Å². The summed E-state index contributed by atoms with van der Waals surface area (Å²) in [7, 11) is 0. The molecule has 1 heterocycles. The van der Waals surface area contributed by atoms with E-state index in [2.05, 4.69) is 0 Å². The third kappa shape index (κ3) is 4.86. The summed E-state index contributed by atoms with van der Waals surface area (Å²) in [5.41, 5.74) is 2.08. The molecule has 0 aliphatic rings. The summed E-state index contributed by atoms with van der Waals surface area (Å²) in [6.45, 7) is 0. The largest absolute Gasteiger partial charge is 0.456 e. The third-order valence-electron chi connectivity index (χ3n) is 9.17. The molecule has 0 aliphatic heterocycles. The van der Waals surface area contributed by atoms with Crippen molar-refractivity contribution in [2.24, 2.45) is 0 Å². The Morgan fingerprint density at radius 1 is 0.353 bits per heavy atom. The number of benzene rings is 9. The van der Waals surface area contributed by atoms with Crippen LogP contribution >= 0.6 is 0 Å². The lowest BCUT2D eigenvalue weighted by Gasteiger charge is -2.19. The van der Waals surface area contributed by atoms with Gasteiger partial charge in [-0.05, 0) is 101 Å². The molecule has 238 valence electrons. The lowest BCUT2D eigenvalue weighted by Crippen LogP contribution is -1.93. The van der Waals surface area contributed by atoms with Gasteiger partial charge in [-0.15, -0.1) is 0 Å². The Bertz CT molecular complexity index is 3710. The second-order valence-corrected chi connectivity index (χ2v) is 12.0. The summed E-state index contributed by atoms with van der Waals surface area (Å²) in [6.07, 6.45) is 0. The van der Waals surface area contributed by atoms with Crippen molar-refractivity contribution >= 4 is 43.5 Å². The van der Waals surface area contributed by atoms with Gasteiger partial charge in [0, 0.05) is 10.8 Å². The zero-order chi connectivity index (χ0) is 47.7. The van der Waals surface area contributed by atoms with Gasteiger partial charge in [0.05, 0.1) is 21.9 Å². The van der Waals surface area contributed by atoms with Crippen LogP contribution in [0, 0.1) is 0 Å². The molecule has 0 bridgehead atoms. The van der Waals surface area contributed by atoms with Crippen molar-refractivity contribution < 1.29 is 26.3 Å². The van der Waals surface area contributed by atoms with Crippen molar-refractivity contribution in [1.29, 1.82) is 0 Å². The monoisotopic (exact) mass is 664 g/mol. The van der Waals surface area contributed by atoms with Gasteiger partial charge in [-0.25, -0.2) is 0 Å². The van der Waals surface area contributed by atoms with Gasteiger partial charge in [0.25, 0.3) is 0 Å². The van der Waals surface area contributed by atoms with E-state index in [0.29, 0.717) is 49.4 Å². The number of fused-ring (bicyclic) bond motifs is 5. The standard InChI is InChI=1S/C50H32O/c1-4-15-33(16-5-1)36-28-30-46-45(31-36)50-43(25-14-26-47(50)51-46)49-41-23-12-10-21-39(41)48(40-22-11-13-24-42(40)49)37-27-29-38(34-17-6-2-7-18-34)44(32-37)35-19-8-3-9-20-35/h1-32H/i1D,3D,4D,5D,8D,9D,14D,15D,16D,19D,20D,25D,26D,28D,30D,31D. The second kappa shape index (κ2) is 12.0. The smallest absolute Gasteiger partial charge is 0.136 e. The van der Waals surface area contributed by atoms with Crippen molar-refractivity contribution in [1.82, 2.24) is 0 Å². The van der Waals surface area contributed by atoms with E-state index < -0.39 is 95.7 Å². The van der Waals surface area contributed by atoms with Gasteiger partial charge in [0.15, 0.2) is 0 Å². The first kappa shape index (κ1) is 17.3. The summed E-state index contributed by atoms with van der Waals surface area (Å²) in [5.74, 6) is 0. The molecule has 0 spiro atoms. The van der Waals surface area contributed by atoms with Crippen molar-refractivity contribution in [2.75, 3.05) is 0 Å². The Morgan fingerprint density at radius 2 is 0.980 bits per heavy atom. The van der Waals surface area contributed by atoms with Gasteiger partial charge in [0.1, 0.15) is 11.2 Å². The molecule has 0 atom stereocenters. The molecule has 1 heteroatoms. The molecule has 9 aromatic carbocycles. The topological polar surface area (TPSA) is 13.1 Å². The molecule has 0 saturated carbocycles. The van der Waals surface area contributed by atoms with Crippen LogP contribution in [0.3, 0.4) is 0 Å². The predicted molar refractivity (Wildman–Crippen MR) is 216 cm³/mol. The van der Waals surface area contributed by atoms with E-state index in [1.165, 1.54) is 0 Å². The van der Waals surface area contributed by atoms with E-state index in [1.54, 1.807) is 18.2 Å². The predicted octanol–water partition coefficient (Wildman–Crippen LogP) is 14.2. The van der Waals surface area contributed by atoms with Gasteiger partial charge in [0.2, 0.25) is 0 Å². The van der Waals surface area contributed by atoms with Crippen LogP contribution < -0.4 is 0 Å². The van der Waals surface area contributed by atoms with Crippen LogP contribution in [0.2, 0.25) is 0 Å². The highest BCUT2D eigenvalue weighted by Gasteiger charge is 2.21. The third-order valence-corrected chi connectivity index (χ3v) is 9.17. The van der Waals surface area contributed by atoms with Crippen molar-refractivity contribution in [3.05, 3.63) is 194 Å². The minimum Gasteiger partial charge on any atom is -0.456 e. The SMILES string of the molecule is [2H]c1c([2H])c([2H])c(-c2cc(-c3c4ccccc4c(-c4c([2H])c([2H])c([2H])c5oc6c([2H])c([2H])c(-c7c([2H])c([2H])c([2H])c([2H])c7[2H])c([2H])c6c45)c4ccccc34)ccc2-c2ccccc2)c([2H])c1[2H]. The maximum atomic E-state index is 9.64. The summed E-state index contributed by atoms with van der Waals surface area (Å²) in [6, 6.07) is 20.5. The molecule has 1 aromatic heterocycles. The lowest BCUT2D eigenvalue weighted by atomic mass is 9.83. The molecule has 10 aromatic rings. The van der Waals surface area contributed by atoms with Crippen LogP contribution in [-0.4, -0.2) is 0 Å². The number of hydrogen-bond acceptors (Lipinski definition) is 1. The molecule has 10 rings (SSSR count). The molecule has 1 nitrogen and oxygen atoms in total. The Kier molecular flexibility index (Phi) is 4.07. The molecule has 0 N–H and O–H groups in total. The average Bonchev–Trinajstić information content (AvgIpc) is 3.74. The van der Waals surface area contributed by atoms with Gasteiger partial charge < -0.3 is 4.42 Å². The highest BCUT2D eigenvalue weighted by molar-refractivity contribution is 6.26. The van der Waals surface area contributed by atoms with E-state index in [9.17, 15) is 2.74 Å². The summed E-state index contributed by atoms with van der Waals surface area (Å²) < 4.78 is 147. The Labute approximate surface area is 319 Å². The lowest BCUT2D eigenvalue weighted by molar-refractivity contribution is 0.669. The molecule has 0 aliphatic carbocycles. The number of furan rings is 1. The molecule has 0 saturated heterocycles. The maximum absolute atomic E-state index is 9.64. The highest BCUT2D eigenvalue weighted by atomic mass is 16.3. The fraction of sp³-hybridized carbons (Fsp3) is 0. The van der Waals surface area contributed by atoms with Crippen molar-refractivity contribution in [2.45, 2.75) is 0 Å². The normalized spacial score (nSPS) is 15.9. The van der Waals surface area contributed by atoms with Gasteiger partial charge in [-0.3, -0.25) is 0 Å². The van der Waals surface area contributed by atoms with Gasteiger partial charge in [-0.2, -0.15) is 0 Å². The molecule has 0 radical (unpaired) electrons. The van der Waals surface area contributed by atoms with Crippen LogP contribution in [-0.2, 0) is 0 Å². The van der Waals surface area contributed by atoms with Crippen LogP contribution in [0.4, 0.5) is 0 Å². The Balaban J connectivity index is 1.35. The zero-order valence-electron chi connectivity index (χ0n) is 42.6. The minimum absolute atomic E-state index is 0.00754. The van der Waals surface area contributed by atoms with Gasteiger partial charge >= 0.3 is 0 Å². The molecule has 0 fully saturated rings. The van der Waals surface area contributed by atoms with Crippen LogP contribution in [0.1, 0.15) is 21.9 Å². The first-order valence-corrected chi connectivity index (χ1v) is 16.2. The van der Waals surface area contributed by atoms with E-state index in [-0.39, 0.29) is 45.2 Å². The second-order valence-electron chi connectivity index (χ2n) is 12.0. The molecular formula is C50H32O. The fourth-order valence-corrected chi connectivity index (χ4v) is 7.01. The summed E-state index contributed by atoms with van der Waals surface area (Å²) >= 11 is 0. The van der Waals surface area contributed by atoms with Crippen LogP contribution in [0.15, 0.2) is 198 Å². The summed E-state index contributed by atoms with van der Waals surface area (Å²) in [5, 5.41) is 2.22. The first-order valence-electron chi connectivity index (χ1n) is 24.2. The van der Waals surface area contributed by atoms with Crippen LogP contribution in [0.25, 0.3) is 99.1 Å². The minimum atomic E-state index is -0.701. The van der Waals surface area contributed by atoms with E-state index in [4.69, 9.17) is 23.6 Å². The van der Waals surface area contributed by atoms with E-state index >= 15 is 0 Å². The number of rotatable bonds is 5. The van der Waals surface area contributed by atoms with E-state index in [1.807, 2.05) is 78.9 Å². The van der Waals surface area contributed by atoms with Gasteiger partial charge in [-0.1, -0.05) is 170 Å². The van der Waals surface area contributed by atoms with Crippen molar-refractivity contribution in [3.63, 3.8) is 0 Å². The Morgan fingerprint density at radius 3 is 1.67 bits per heavy atom. The maximum Gasteiger partial charge on any atom is 0.136 e. The summed E-state index contributed by atoms with van der Waals surface area (Å²) in [4.78, 5) is 0. The average molecular weight is 665 g/mol. The molecule has 51 heavy (non-hydrogen) atoms. The van der Waals surface area contributed by atoms with E-state index in [0.717, 1.165) is 5.56 Å². The van der Waals surface area contributed by atoms with Crippen LogP contribution in [0.5, 0.6) is 0 Å².